The number of carbonyl (C=O) groups excluding carboxylic acids is 1. The van der Waals surface area contributed by atoms with E-state index in [0.29, 0.717) is 35.9 Å². The number of pyridine rings is 1. The van der Waals surface area contributed by atoms with E-state index in [0.717, 1.165) is 36.0 Å². The number of benzene rings is 1. The van der Waals surface area contributed by atoms with Crippen LogP contribution in [0.2, 0.25) is 0 Å². The third kappa shape index (κ3) is 3.39. The van der Waals surface area contributed by atoms with Crippen LogP contribution >= 0.6 is 0 Å². The van der Waals surface area contributed by atoms with Crippen molar-refractivity contribution in [3.8, 4) is 11.8 Å². The minimum Gasteiger partial charge on any atom is -0.392 e. The van der Waals surface area contributed by atoms with Gasteiger partial charge in [-0.25, -0.2) is 0 Å². The van der Waals surface area contributed by atoms with Gasteiger partial charge in [0.25, 0.3) is 5.91 Å². The van der Waals surface area contributed by atoms with Crippen LogP contribution in [0.1, 0.15) is 72.5 Å². The molecule has 0 spiro atoms. The average Bonchev–Trinajstić information content (AvgIpc) is 3.05. The van der Waals surface area contributed by atoms with Crippen LogP contribution in [0, 0.1) is 36.0 Å². The molecule has 172 valence electrons. The number of anilines is 1. The average molecular weight is 445 g/mol. The third-order valence-electron chi connectivity index (χ3n) is 8.74. The number of amides is 1. The van der Waals surface area contributed by atoms with E-state index >= 15 is 0 Å². The Kier molecular flexibility index (Phi) is 5.34. The zero-order valence-electron chi connectivity index (χ0n) is 19.6. The monoisotopic (exact) mass is 444 g/mol. The van der Waals surface area contributed by atoms with Crippen molar-refractivity contribution in [1.29, 1.82) is 0 Å². The van der Waals surface area contributed by atoms with Gasteiger partial charge in [-0.1, -0.05) is 18.9 Å². The lowest BCUT2D eigenvalue weighted by Crippen LogP contribution is -2.54. The summed E-state index contributed by atoms with van der Waals surface area (Å²) in [6.07, 6.45) is 6.83. The van der Waals surface area contributed by atoms with Gasteiger partial charge in [0, 0.05) is 23.1 Å². The van der Waals surface area contributed by atoms with Crippen molar-refractivity contribution < 1.29 is 15.0 Å². The van der Waals surface area contributed by atoms with Gasteiger partial charge in [-0.3, -0.25) is 9.78 Å². The quantitative estimate of drug-likeness (QED) is 0.606. The lowest BCUT2D eigenvalue weighted by Gasteiger charge is -2.54. The van der Waals surface area contributed by atoms with E-state index < -0.39 is 17.1 Å². The molecule has 1 amide bonds. The van der Waals surface area contributed by atoms with Crippen molar-refractivity contribution in [2.75, 3.05) is 5.32 Å². The van der Waals surface area contributed by atoms with Crippen LogP contribution in [0.4, 0.5) is 5.69 Å². The first kappa shape index (κ1) is 22.1. The Labute approximate surface area is 195 Å². The van der Waals surface area contributed by atoms with E-state index in [1.165, 1.54) is 0 Å². The van der Waals surface area contributed by atoms with Crippen molar-refractivity contribution in [2.24, 2.45) is 17.3 Å². The molecule has 1 aromatic carbocycles. The molecule has 0 aliphatic heterocycles. The second-order valence-electron chi connectivity index (χ2n) is 10.4. The highest BCUT2D eigenvalue weighted by Gasteiger charge is 2.63. The molecule has 6 atom stereocenters. The first-order valence-corrected chi connectivity index (χ1v) is 12.0. The van der Waals surface area contributed by atoms with E-state index in [-0.39, 0.29) is 11.8 Å². The van der Waals surface area contributed by atoms with Crippen LogP contribution in [-0.2, 0) is 6.42 Å². The normalized spacial score (nSPS) is 34.3. The van der Waals surface area contributed by atoms with Crippen molar-refractivity contribution in [3.63, 3.8) is 0 Å². The lowest BCUT2D eigenvalue weighted by atomic mass is 9.52. The van der Waals surface area contributed by atoms with Crippen LogP contribution in [0.15, 0.2) is 36.7 Å². The summed E-state index contributed by atoms with van der Waals surface area (Å²) in [5.41, 5.74) is 3.20. The number of carbonyl (C=O) groups is 1. The van der Waals surface area contributed by atoms with Gasteiger partial charge in [0.2, 0.25) is 0 Å². The molecule has 1 aromatic heterocycles. The number of aliphatic hydroxyl groups excluding tert-OH is 1. The number of hydrogen-bond donors (Lipinski definition) is 3. The van der Waals surface area contributed by atoms with Crippen LogP contribution in [0.5, 0.6) is 0 Å². The minimum absolute atomic E-state index is 0.0430. The maximum atomic E-state index is 12.9. The number of fused-ring (bicyclic) bond motifs is 5. The van der Waals surface area contributed by atoms with Gasteiger partial charge in [0.1, 0.15) is 5.60 Å². The maximum absolute atomic E-state index is 12.9. The number of aliphatic hydroxyl groups is 2. The second-order valence-corrected chi connectivity index (χ2v) is 10.4. The lowest BCUT2D eigenvalue weighted by molar-refractivity contribution is -0.107. The van der Waals surface area contributed by atoms with Crippen molar-refractivity contribution >= 4 is 11.6 Å². The SMILES string of the molecule is CC#C[C@]1(O)CC[C@H]2[C@@H]3CCc4cc(C(=O)Nc5cnccc5C)ccc4[C@H]3[C@@H](O)C[C@@]21C. The van der Waals surface area contributed by atoms with Crippen LogP contribution < -0.4 is 5.32 Å². The summed E-state index contributed by atoms with van der Waals surface area (Å²) in [4.78, 5) is 17.0. The standard InChI is InChI=1S/C28H32N2O3/c1-4-11-28(33)12-9-22-21-8-5-18-14-19(26(32)30-23-16-29-13-10-17(23)2)6-7-20(18)25(21)24(31)15-27(22,28)3/h6-7,10,13-14,16,21-22,24-25,31,33H,5,8-9,12,15H2,1-3H3,(H,30,32)/t21-,22-,24-,25+,27-,28-/m0/s1. The Morgan fingerprint density at radius 2 is 2.09 bits per heavy atom. The topological polar surface area (TPSA) is 82.5 Å². The number of rotatable bonds is 2. The summed E-state index contributed by atoms with van der Waals surface area (Å²) in [6.45, 7) is 5.84. The molecule has 2 saturated carbocycles. The Bertz CT molecular complexity index is 1170. The molecular weight excluding hydrogens is 412 g/mol. The van der Waals surface area contributed by atoms with Gasteiger partial charge in [-0.05, 0) is 92.7 Å². The highest BCUT2D eigenvalue weighted by Crippen LogP contribution is 2.64. The summed E-state index contributed by atoms with van der Waals surface area (Å²) in [5, 5.41) is 25.6. The molecule has 5 heteroatoms. The Morgan fingerprint density at radius 1 is 1.27 bits per heavy atom. The van der Waals surface area contributed by atoms with Gasteiger partial charge in [0.05, 0.1) is 18.0 Å². The molecule has 0 unspecified atom stereocenters. The largest absolute Gasteiger partial charge is 0.392 e. The van der Waals surface area contributed by atoms with Gasteiger partial charge in [-0.15, -0.1) is 5.92 Å². The van der Waals surface area contributed by atoms with Gasteiger partial charge in [0.15, 0.2) is 0 Å². The fourth-order valence-electron chi connectivity index (χ4n) is 7.01. The fourth-order valence-corrected chi connectivity index (χ4v) is 7.01. The molecule has 2 fully saturated rings. The molecule has 5 rings (SSSR count). The van der Waals surface area contributed by atoms with Crippen molar-refractivity contribution in [1.82, 2.24) is 4.98 Å². The summed E-state index contributed by atoms with van der Waals surface area (Å²) in [6, 6.07) is 7.77. The number of nitrogens with zero attached hydrogens (tertiary/aromatic N) is 1. The second kappa shape index (κ2) is 7.97. The van der Waals surface area contributed by atoms with E-state index in [9.17, 15) is 15.0 Å². The predicted molar refractivity (Wildman–Crippen MR) is 128 cm³/mol. The molecule has 0 bridgehead atoms. The minimum atomic E-state index is -1.02. The highest BCUT2D eigenvalue weighted by molar-refractivity contribution is 6.04. The van der Waals surface area contributed by atoms with Crippen molar-refractivity contribution in [3.05, 3.63) is 58.9 Å². The van der Waals surface area contributed by atoms with E-state index in [4.69, 9.17) is 0 Å². The molecule has 3 aliphatic carbocycles. The molecule has 3 N–H and O–H groups in total. The van der Waals surface area contributed by atoms with Crippen LogP contribution in [0.3, 0.4) is 0 Å². The predicted octanol–water partition coefficient (Wildman–Crippen LogP) is 4.22. The van der Waals surface area contributed by atoms with Gasteiger partial charge < -0.3 is 15.5 Å². The van der Waals surface area contributed by atoms with Gasteiger partial charge >= 0.3 is 0 Å². The number of nitrogens with one attached hydrogen (secondary N) is 1. The molecule has 33 heavy (non-hydrogen) atoms. The molecule has 5 nitrogen and oxygen atoms in total. The summed E-state index contributed by atoms with van der Waals surface area (Å²) in [5.74, 6) is 6.56. The summed E-state index contributed by atoms with van der Waals surface area (Å²) in [7, 11) is 0. The van der Waals surface area contributed by atoms with Crippen LogP contribution in [-0.4, -0.2) is 32.8 Å². The first-order valence-electron chi connectivity index (χ1n) is 12.0. The van der Waals surface area contributed by atoms with E-state index in [1.807, 2.05) is 31.2 Å². The fraction of sp³-hybridized carbons (Fsp3) is 0.500. The number of hydrogen-bond acceptors (Lipinski definition) is 4. The van der Waals surface area contributed by atoms with Crippen LogP contribution in [0.25, 0.3) is 0 Å². The Balaban J connectivity index is 1.42. The summed E-state index contributed by atoms with van der Waals surface area (Å²) >= 11 is 0. The Morgan fingerprint density at radius 3 is 2.85 bits per heavy atom. The molecule has 3 aliphatic rings. The van der Waals surface area contributed by atoms with E-state index in [1.54, 1.807) is 19.3 Å². The molecule has 1 heterocycles. The van der Waals surface area contributed by atoms with Crippen molar-refractivity contribution in [2.45, 2.75) is 70.5 Å². The third-order valence-corrected chi connectivity index (χ3v) is 8.74. The van der Waals surface area contributed by atoms with E-state index in [2.05, 4.69) is 29.1 Å². The summed E-state index contributed by atoms with van der Waals surface area (Å²) < 4.78 is 0. The molecule has 0 radical (unpaired) electrons. The zero-order valence-corrected chi connectivity index (χ0v) is 19.6. The molecule has 2 aromatic rings. The molecular formula is C28H32N2O3. The zero-order chi connectivity index (χ0) is 23.4. The maximum Gasteiger partial charge on any atom is 0.255 e. The Hall–Kier alpha value is -2.68. The number of aryl methyl sites for hydroxylation is 2. The van der Waals surface area contributed by atoms with Gasteiger partial charge in [-0.2, -0.15) is 0 Å². The number of aromatic nitrogens is 1. The smallest absolute Gasteiger partial charge is 0.255 e. The first-order chi connectivity index (χ1) is 15.8. The molecule has 0 saturated heterocycles. The highest BCUT2D eigenvalue weighted by atomic mass is 16.3.